The summed E-state index contributed by atoms with van der Waals surface area (Å²) in [7, 11) is 0. The zero-order valence-corrected chi connectivity index (χ0v) is 14.3. The van der Waals surface area contributed by atoms with Gasteiger partial charge >= 0.3 is 0 Å². The zero-order chi connectivity index (χ0) is 16.9. The van der Waals surface area contributed by atoms with Crippen LogP contribution < -0.4 is 10.5 Å². The standard InChI is InChI=1S/C18H30N2O3/c1-2-3-4-5-6-7-8-9-10-11-14-23-18-15-16(20(21)22)12-13-17(18)19/h12-13,15H,2-11,14,19H2,1H3. The molecule has 0 spiro atoms. The van der Waals surface area contributed by atoms with Crippen LogP contribution in [0.2, 0.25) is 0 Å². The Morgan fingerprint density at radius 1 is 1.00 bits per heavy atom. The molecule has 0 aromatic heterocycles. The van der Waals surface area contributed by atoms with Gasteiger partial charge in [0, 0.05) is 6.07 Å². The molecular weight excluding hydrogens is 292 g/mol. The summed E-state index contributed by atoms with van der Waals surface area (Å²) in [6, 6.07) is 4.31. The molecule has 0 aliphatic heterocycles. The van der Waals surface area contributed by atoms with E-state index in [4.69, 9.17) is 10.5 Å². The summed E-state index contributed by atoms with van der Waals surface area (Å²) in [6.45, 7) is 2.80. The van der Waals surface area contributed by atoms with Gasteiger partial charge in [0.05, 0.1) is 23.3 Å². The van der Waals surface area contributed by atoms with Crippen molar-refractivity contribution in [2.45, 2.75) is 71.1 Å². The lowest BCUT2D eigenvalue weighted by atomic mass is 10.1. The molecule has 0 aliphatic rings. The van der Waals surface area contributed by atoms with Gasteiger partial charge in [0.2, 0.25) is 0 Å². The number of nitrogen functional groups attached to an aromatic ring is 1. The lowest BCUT2D eigenvalue weighted by molar-refractivity contribution is -0.384. The molecule has 130 valence electrons. The van der Waals surface area contributed by atoms with Crippen LogP contribution in [0.4, 0.5) is 11.4 Å². The Morgan fingerprint density at radius 2 is 1.57 bits per heavy atom. The Kier molecular flexibility index (Phi) is 9.84. The fourth-order valence-electron chi connectivity index (χ4n) is 2.53. The number of non-ortho nitro benzene ring substituents is 1. The van der Waals surface area contributed by atoms with Gasteiger partial charge in [-0.25, -0.2) is 0 Å². The summed E-state index contributed by atoms with van der Waals surface area (Å²) < 4.78 is 5.57. The molecule has 0 atom stereocenters. The molecule has 0 saturated carbocycles. The molecule has 0 aliphatic carbocycles. The highest BCUT2D eigenvalue weighted by Gasteiger charge is 2.09. The third-order valence-electron chi connectivity index (χ3n) is 3.96. The fourth-order valence-corrected chi connectivity index (χ4v) is 2.53. The van der Waals surface area contributed by atoms with E-state index < -0.39 is 4.92 Å². The maximum Gasteiger partial charge on any atom is 0.273 e. The Labute approximate surface area is 139 Å². The summed E-state index contributed by atoms with van der Waals surface area (Å²) in [4.78, 5) is 10.3. The predicted molar refractivity (Wildman–Crippen MR) is 94.8 cm³/mol. The highest BCUT2D eigenvalue weighted by Crippen LogP contribution is 2.26. The number of rotatable bonds is 13. The molecule has 5 nitrogen and oxygen atoms in total. The molecule has 0 amide bonds. The largest absolute Gasteiger partial charge is 0.491 e. The van der Waals surface area contributed by atoms with Crippen LogP contribution in [-0.4, -0.2) is 11.5 Å². The SMILES string of the molecule is CCCCCCCCCCCCOc1cc([N+](=O)[O-])ccc1N. The number of unbranched alkanes of at least 4 members (excludes halogenated alkanes) is 9. The number of anilines is 1. The van der Waals surface area contributed by atoms with Gasteiger partial charge in [-0.3, -0.25) is 10.1 Å². The fraction of sp³-hybridized carbons (Fsp3) is 0.667. The average molecular weight is 322 g/mol. The van der Waals surface area contributed by atoms with Crippen LogP contribution in [0, 0.1) is 10.1 Å². The first-order chi connectivity index (χ1) is 11.1. The van der Waals surface area contributed by atoms with E-state index in [0.29, 0.717) is 18.0 Å². The highest BCUT2D eigenvalue weighted by atomic mass is 16.6. The van der Waals surface area contributed by atoms with Crippen molar-refractivity contribution in [3.63, 3.8) is 0 Å². The van der Waals surface area contributed by atoms with E-state index in [1.54, 1.807) is 0 Å². The van der Waals surface area contributed by atoms with Gasteiger partial charge in [0.25, 0.3) is 5.69 Å². The molecule has 5 heteroatoms. The van der Waals surface area contributed by atoms with E-state index in [0.717, 1.165) is 12.8 Å². The summed E-state index contributed by atoms with van der Waals surface area (Å²) in [5.41, 5.74) is 6.23. The van der Waals surface area contributed by atoms with Crippen LogP contribution >= 0.6 is 0 Å². The molecule has 0 saturated heterocycles. The van der Waals surface area contributed by atoms with Crippen molar-refractivity contribution in [2.75, 3.05) is 12.3 Å². The highest BCUT2D eigenvalue weighted by molar-refractivity contribution is 5.57. The summed E-state index contributed by atoms with van der Waals surface area (Å²) in [5.74, 6) is 0.412. The van der Waals surface area contributed by atoms with Gasteiger partial charge in [-0.2, -0.15) is 0 Å². The number of nitro benzene ring substituents is 1. The van der Waals surface area contributed by atoms with Crippen molar-refractivity contribution >= 4 is 11.4 Å². The molecule has 23 heavy (non-hydrogen) atoms. The van der Waals surface area contributed by atoms with Gasteiger partial charge in [-0.05, 0) is 12.5 Å². The lowest BCUT2D eigenvalue weighted by Gasteiger charge is -2.08. The first-order valence-electron chi connectivity index (χ1n) is 8.82. The Hall–Kier alpha value is -1.78. The number of hydrogen-bond acceptors (Lipinski definition) is 4. The van der Waals surface area contributed by atoms with Gasteiger partial charge in [-0.15, -0.1) is 0 Å². The molecule has 1 rings (SSSR count). The molecule has 2 N–H and O–H groups in total. The predicted octanol–water partition coefficient (Wildman–Crippen LogP) is 5.48. The number of nitrogens with two attached hydrogens (primary N) is 1. The Morgan fingerprint density at radius 3 is 2.13 bits per heavy atom. The van der Waals surface area contributed by atoms with Crippen LogP contribution in [0.1, 0.15) is 71.1 Å². The lowest BCUT2D eigenvalue weighted by Crippen LogP contribution is -2.01. The van der Waals surface area contributed by atoms with Crippen molar-refractivity contribution in [2.24, 2.45) is 0 Å². The smallest absolute Gasteiger partial charge is 0.273 e. The van der Waals surface area contributed by atoms with E-state index in [1.807, 2.05) is 0 Å². The van der Waals surface area contributed by atoms with Gasteiger partial charge in [0.1, 0.15) is 5.75 Å². The third kappa shape index (κ3) is 8.43. The number of ether oxygens (including phenoxy) is 1. The second-order valence-electron chi connectivity index (χ2n) is 6.01. The van der Waals surface area contributed by atoms with Crippen molar-refractivity contribution in [1.82, 2.24) is 0 Å². The normalized spacial score (nSPS) is 10.7. The van der Waals surface area contributed by atoms with E-state index >= 15 is 0 Å². The summed E-state index contributed by atoms with van der Waals surface area (Å²) in [6.07, 6.45) is 12.7. The quantitative estimate of drug-likeness (QED) is 0.226. The molecule has 0 unspecified atom stereocenters. The van der Waals surface area contributed by atoms with Crippen LogP contribution in [0.25, 0.3) is 0 Å². The number of hydrogen-bond donors (Lipinski definition) is 1. The molecule has 1 aromatic rings. The van der Waals surface area contributed by atoms with Crippen LogP contribution in [0.3, 0.4) is 0 Å². The van der Waals surface area contributed by atoms with Gasteiger partial charge in [0.15, 0.2) is 0 Å². The zero-order valence-electron chi connectivity index (χ0n) is 14.3. The minimum Gasteiger partial charge on any atom is -0.491 e. The first kappa shape index (κ1) is 19.3. The third-order valence-corrected chi connectivity index (χ3v) is 3.96. The van der Waals surface area contributed by atoms with E-state index in [9.17, 15) is 10.1 Å². The second-order valence-corrected chi connectivity index (χ2v) is 6.01. The van der Waals surface area contributed by atoms with Crippen molar-refractivity contribution in [3.05, 3.63) is 28.3 Å². The minimum absolute atomic E-state index is 0.0114. The minimum atomic E-state index is -0.438. The topological polar surface area (TPSA) is 78.4 Å². The van der Waals surface area contributed by atoms with Crippen molar-refractivity contribution in [3.8, 4) is 5.75 Å². The number of nitrogens with zero attached hydrogens (tertiary/aromatic N) is 1. The molecule has 0 heterocycles. The van der Waals surface area contributed by atoms with E-state index in [-0.39, 0.29) is 5.69 Å². The van der Waals surface area contributed by atoms with Crippen LogP contribution in [-0.2, 0) is 0 Å². The number of nitro groups is 1. The van der Waals surface area contributed by atoms with Crippen molar-refractivity contribution in [1.29, 1.82) is 0 Å². The van der Waals surface area contributed by atoms with Crippen LogP contribution in [0.15, 0.2) is 18.2 Å². The maximum absolute atomic E-state index is 10.7. The summed E-state index contributed by atoms with van der Waals surface area (Å²) >= 11 is 0. The second kappa shape index (κ2) is 11.7. The average Bonchev–Trinajstić information content (AvgIpc) is 2.54. The number of benzene rings is 1. The van der Waals surface area contributed by atoms with Gasteiger partial charge in [-0.1, -0.05) is 64.7 Å². The van der Waals surface area contributed by atoms with Crippen LogP contribution in [0.5, 0.6) is 5.75 Å². The van der Waals surface area contributed by atoms with E-state index in [2.05, 4.69) is 6.92 Å². The molecule has 0 bridgehead atoms. The van der Waals surface area contributed by atoms with Crippen molar-refractivity contribution < 1.29 is 9.66 Å². The maximum atomic E-state index is 10.7. The molecule has 1 aromatic carbocycles. The molecule has 0 fully saturated rings. The monoisotopic (exact) mass is 322 g/mol. The Bertz CT molecular complexity index is 464. The summed E-state index contributed by atoms with van der Waals surface area (Å²) in [5, 5.41) is 10.7. The molecular formula is C18H30N2O3. The first-order valence-corrected chi connectivity index (χ1v) is 8.82. The van der Waals surface area contributed by atoms with Gasteiger partial charge < -0.3 is 10.5 Å². The van der Waals surface area contributed by atoms with E-state index in [1.165, 1.54) is 69.6 Å². The Balaban J connectivity index is 2.07. The molecule has 0 radical (unpaired) electrons.